The molecule has 1 unspecified atom stereocenters. The Morgan fingerprint density at radius 2 is 2.05 bits per heavy atom. The third-order valence-corrected chi connectivity index (χ3v) is 3.97. The molecule has 0 fully saturated rings. The third kappa shape index (κ3) is 2.94. The number of halogens is 2. The van der Waals surface area contributed by atoms with E-state index in [0.717, 1.165) is 22.7 Å². The summed E-state index contributed by atoms with van der Waals surface area (Å²) in [5, 5.41) is 1.13. The molecule has 3 aromatic rings. The van der Waals surface area contributed by atoms with Gasteiger partial charge in [0.1, 0.15) is 11.5 Å². The summed E-state index contributed by atoms with van der Waals surface area (Å²) in [7, 11) is 0. The molecule has 2 aromatic heterocycles. The van der Waals surface area contributed by atoms with E-state index < -0.39 is 0 Å². The first-order valence-corrected chi connectivity index (χ1v) is 7.58. The molecule has 3 rings (SSSR count). The van der Waals surface area contributed by atoms with Gasteiger partial charge in [0.25, 0.3) is 0 Å². The first-order valence-electron chi connectivity index (χ1n) is 6.82. The van der Waals surface area contributed by atoms with Crippen molar-refractivity contribution >= 4 is 28.8 Å². The molecule has 0 saturated heterocycles. The van der Waals surface area contributed by atoms with Gasteiger partial charge in [-0.3, -0.25) is 4.40 Å². The summed E-state index contributed by atoms with van der Waals surface area (Å²) in [4.78, 5) is 9.01. The first-order chi connectivity index (χ1) is 10.6. The molecule has 22 heavy (non-hydrogen) atoms. The largest absolute Gasteiger partial charge is 0.329 e. The maximum absolute atomic E-state index is 6.28. The van der Waals surface area contributed by atoms with Crippen molar-refractivity contribution in [3.8, 4) is 11.3 Å². The first kappa shape index (κ1) is 15.2. The van der Waals surface area contributed by atoms with E-state index in [4.69, 9.17) is 34.7 Å². The van der Waals surface area contributed by atoms with Gasteiger partial charge >= 0.3 is 0 Å². The number of imidazole rings is 1. The molecule has 0 aliphatic rings. The van der Waals surface area contributed by atoms with Crippen molar-refractivity contribution in [1.82, 2.24) is 14.4 Å². The van der Waals surface area contributed by atoms with Crippen molar-refractivity contribution in [2.75, 3.05) is 6.54 Å². The van der Waals surface area contributed by atoms with Crippen LogP contribution in [0.1, 0.15) is 5.82 Å². The van der Waals surface area contributed by atoms with E-state index in [2.05, 4.69) is 9.97 Å². The summed E-state index contributed by atoms with van der Waals surface area (Å²) in [5.41, 5.74) is 13.9. The number of nitrogens with two attached hydrogens (primary N) is 2. The minimum absolute atomic E-state index is 0.158. The monoisotopic (exact) mass is 335 g/mol. The minimum atomic E-state index is -0.158. The Balaban J connectivity index is 2.14. The second-order valence-corrected chi connectivity index (χ2v) is 5.88. The van der Waals surface area contributed by atoms with Crippen LogP contribution in [0.4, 0.5) is 0 Å². The number of fused-ring (bicyclic) bond motifs is 1. The predicted molar refractivity (Wildman–Crippen MR) is 89.2 cm³/mol. The van der Waals surface area contributed by atoms with Crippen LogP contribution >= 0.6 is 23.2 Å². The molecular formula is C15H15Cl2N5. The summed E-state index contributed by atoms with van der Waals surface area (Å²) in [6, 6.07) is 7.05. The van der Waals surface area contributed by atoms with Gasteiger partial charge in [-0.1, -0.05) is 23.2 Å². The Morgan fingerprint density at radius 1 is 1.23 bits per heavy atom. The van der Waals surface area contributed by atoms with Gasteiger partial charge in [0.2, 0.25) is 0 Å². The molecule has 0 aliphatic carbocycles. The maximum Gasteiger partial charge on any atom is 0.140 e. The Bertz CT molecular complexity index is 815. The van der Waals surface area contributed by atoms with Crippen LogP contribution in [0.2, 0.25) is 10.0 Å². The summed E-state index contributed by atoms with van der Waals surface area (Å²) in [6.45, 7) is 0.393. The second kappa shape index (κ2) is 6.22. The summed E-state index contributed by atoms with van der Waals surface area (Å²) >= 11 is 12.2. The topological polar surface area (TPSA) is 82.2 Å². The highest BCUT2D eigenvalue weighted by atomic mass is 35.5. The fourth-order valence-electron chi connectivity index (χ4n) is 2.28. The van der Waals surface area contributed by atoms with Crippen molar-refractivity contribution in [3.05, 3.63) is 52.5 Å². The van der Waals surface area contributed by atoms with E-state index in [1.807, 2.05) is 22.7 Å². The lowest BCUT2D eigenvalue weighted by molar-refractivity contribution is 0.647. The molecule has 0 bridgehead atoms. The van der Waals surface area contributed by atoms with Gasteiger partial charge in [0, 0.05) is 48.1 Å². The molecule has 1 aromatic carbocycles. The minimum Gasteiger partial charge on any atom is -0.329 e. The summed E-state index contributed by atoms with van der Waals surface area (Å²) < 4.78 is 1.91. The molecule has 5 nitrogen and oxygen atoms in total. The van der Waals surface area contributed by atoms with Gasteiger partial charge in [-0.15, -0.1) is 0 Å². The highest BCUT2D eigenvalue weighted by molar-refractivity contribution is 6.36. The molecule has 0 radical (unpaired) electrons. The molecular weight excluding hydrogens is 321 g/mol. The van der Waals surface area contributed by atoms with Crippen LogP contribution in [0, 0.1) is 0 Å². The average Bonchev–Trinajstić information content (AvgIpc) is 2.95. The van der Waals surface area contributed by atoms with Gasteiger partial charge in [0.05, 0.1) is 10.7 Å². The van der Waals surface area contributed by atoms with Gasteiger partial charge in [-0.05, 0) is 18.2 Å². The quantitative estimate of drug-likeness (QED) is 0.767. The molecule has 0 spiro atoms. The SMILES string of the molecule is NCC(N)Cc1nc(-c2ccc(Cl)cc2Cl)cc2nccn12. The number of rotatable bonds is 4. The van der Waals surface area contributed by atoms with Crippen molar-refractivity contribution < 1.29 is 0 Å². The zero-order valence-corrected chi connectivity index (χ0v) is 13.2. The van der Waals surface area contributed by atoms with Gasteiger partial charge in [0.15, 0.2) is 0 Å². The van der Waals surface area contributed by atoms with Crippen molar-refractivity contribution in [2.24, 2.45) is 11.5 Å². The second-order valence-electron chi connectivity index (χ2n) is 5.04. The summed E-state index contributed by atoms with van der Waals surface area (Å²) in [5.74, 6) is 0.800. The lowest BCUT2D eigenvalue weighted by Crippen LogP contribution is -2.32. The van der Waals surface area contributed by atoms with Gasteiger partial charge in [-0.2, -0.15) is 0 Å². The van der Waals surface area contributed by atoms with E-state index in [1.165, 1.54) is 0 Å². The highest BCUT2D eigenvalue weighted by Gasteiger charge is 2.13. The molecule has 114 valence electrons. The Hall–Kier alpha value is -1.66. The average molecular weight is 336 g/mol. The lowest BCUT2D eigenvalue weighted by atomic mass is 10.1. The molecule has 0 amide bonds. The number of hydrogen-bond acceptors (Lipinski definition) is 4. The van der Waals surface area contributed by atoms with Crippen LogP contribution in [0.3, 0.4) is 0 Å². The van der Waals surface area contributed by atoms with Crippen LogP contribution in [0.5, 0.6) is 0 Å². The standard InChI is InChI=1S/C15H15Cl2N5/c16-9-1-2-11(12(17)5-9)13-7-14-20-3-4-22(14)15(21-13)6-10(19)8-18/h1-5,7,10H,6,8,18-19H2. The van der Waals surface area contributed by atoms with Crippen molar-refractivity contribution in [1.29, 1.82) is 0 Å². The lowest BCUT2D eigenvalue weighted by Gasteiger charge is -2.12. The number of aromatic nitrogens is 3. The Labute approximate surface area is 137 Å². The zero-order chi connectivity index (χ0) is 15.7. The molecule has 7 heteroatoms. The zero-order valence-electron chi connectivity index (χ0n) is 11.7. The van der Waals surface area contributed by atoms with Crippen LogP contribution in [-0.4, -0.2) is 27.0 Å². The fraction of sp³-hybridized carbons (Fsp3) is 0.200. The molecule has 0 saturated carbocycles. The molecule has 1 atom stereocenters. The Morgan fingerprint density at radius 3 is 2.77 bits per heavy atom. The smallest absolute Gasteiger partial charge is 0.140 e. The van der Waals surface area contributed by atoms with E-state index in [-0.39, 0.29) is 6.04 Å². The molecule has 2 heterocycles. The predicted octanol–water partition coefficient (Wildman–Crippen LogP) is 2.53. The molecule has 0 aliphatic heterocycles. The van der Waals surface area contributed by atoms with E-state index >= 15 is 0 Å². The molecule has 4 N–H and O–H groups in total. The number of nitrogens with zero attached hydrogens (tertiary/aromatic N) is 3. The van der Waals surface area contributed by atoms with Gasteiger partial charge in [-0.25, -0.2) is 9.97 Å². The summed E-state index contributed by atoms with van der Waals surface area (Å²) in [6.07, 6.45) is 4.14. The number of hydrogen-bond donors (Lipinski definition) is 2. The third-order valence-electron chi connectivity index (χ3n) is 3.42. The normalized spacial score (nSPS) is 12.7. The van der Waals surface area contributed by atoms with Gasteiger partial charge < -0.3 is 11.5 Å². The Kier molecular flexibility index (Phi) is 4.31. The fourth-order valence-corrected chi connectivity index (χ4v) is 2.79. The van der Waals surface area contributed by atoms with E-state index in [9.17, 15) is 0 Å². The van der Waals surface area contributed by atoms with Crippen molar-refractivity contribution in [3.63, 3.8) is 0 Å². The van der Waals surface area contributed by atoms with Crippen LogP contribution in [-0.2, 0) is 6.42 Å². The van der Waals surface area contributed by atoms with Crippen molar-refractivity contribution in [2.45, 2.75) is 12.5 Å². The van der Waals surface area contributed by atoms with Crippen LogP contribution < -0.4 is 11.5 Å². The van der Waals surface area contributed by atoms with Crippen LogP contribution in [0.25, 0.3) is 16.9 Å². The van der Waals surface area contributed by atoms with E-state index in [1.54, 1.807) is 18.3 Å². The van der Waals surface area contributed by atoms with Crippen LogP contribution in [0.15, 0.2) is 36.7 Å². The van der Waals surface area contributed by atoms with E-state index in [0.29, 0.717) is 23.0 Å². The highest BCUT2D eigenvalue weighted by Crippen LogP contribution is 2.30. The maximum atomic E-state index is 6.28. The number of benzene rings is 1.